The van der Waals surface area contributed by atoms with Crippen molar-refractivity contribution in [3.05, 3.63) is 30.6 Å². The summed E-state index contributed by atoms with van der Waals surface area (Å²) in [4.78, 5) is 0.499. The topological polar surface area (TPSA) is 84.5 Å². The fourth-order valence-corrected chi connectivity index (χ4v) is 1.79. The van der Waals surface area contributed by atoms with Crippen LogP contribution in [0.25, 0.3) is 5.69 Å². The highest BCUT2D eigenvalue weighted by atomic mass is 32.2. The van der Waals surface area contributed by atoms with E-state index < -0.39 is 9.73 Å². The average Bonchev–Trinajstić information content (AvgIpc) is 2.69. The number of benzene rings is 1. The third kappa shape index (κ3) is 2.01. The zero-order chi connectivity index (χ0) is 10.9. The van der Waals surface area contributed by atoms with Crippen LogP contribution >= 0.6 is 0 Å². The normalized spacial score (nSPS) is 14.7. The average molecular weight is 223 g/mol. The van der Waals surface area contributed by atoms with Crippen LogP contribution in [0.5, 0.6) is 0 Å². The van der Waals surface area contributed by atoms with Crippen molar-refractivity contribution in [2.24, 2.45) is 0 Å². The number of aromatic nitrogens is 4. The van der Waals surface area contributed by atoms with Gasteiger partial charge in [-0.2, -0.15) is 0 Å². The lowest BCUT2D eigenvalue weighted by atomic mass is 10.3. The first-order valence-electron chi connectivity index (χ1n) is 4.14. The van der Waals surface area contributed by atoms with E-state index in [2.05, 4.69) is 15.5 Å². The van der Waals surface area contributed by atoms with E-state index >= 15 is 0 Å². The monoisotopic (exact) mass is 223 g/mol. The van der Waals surface area contributed by atoms with Crippen LogP contribution in [0, 0.1) is 4.78 Å². The molecule has 0 saturated carbocycles. The van der Waals surface area contributed by atoms with E-state index in [4.69, 9.17) is 4.78 Å². The zero-order valence-electron chi connectivity index (χ0n) is 7.99. The highest BCUT2D eigenvalue weighted by molar-refractivity contribution is 7.91. The van der Waals surface area contributed by atoms with E-state index in [0.29, 0.717) is 4.90 Å². The maximum atomic E-state index is 11.4. The first-order chi connectivity index (χ1) is 7.07. The Kier molecular flexibility index (Phi) is 2.24. The summed E-state index contributed by atoms with van der Waals surface area (Å²) in [6.07, 6.45) is 2.86. The summed E-state index contributed by atoms with van der Waals surface area (Å²) in [7, 11) is -2.65. The van der Waals surface area contributed by atoms with Gasteiger partial charge in [-0.1, -0.05) is 0 Å². The molecule has 0 saturated heterocycles. The third-order valence-electron chi connectivity index (χ3n) is 1.90. The van der Waals surface area contributed by atoms with Crippen LogP contribution in [0.4, 0.5) is 0 Å². The van der Waals surface area contributed by atoms with E-state index in [1.54, 1.807) is 24.3 Å². The molecule has 0 aliphatic heterocycles. The molecule has 0 bridgehead atoms. The Morgan fingerprint density at radius 1 is 1.33 bits per heavy atom. The van der Waals surface area contributed by atoms with E-state index in [-0.39, 0.29) is 0 Å². The minimum Gasteiger partial charge on any atom is -0.249 e. The van der Waals surface area contributed by atoms with Crippen LogP contribution in [0.2, 0.25) is 0 Å². The van der Waals surface area contributed by atoms with Crippen molar-refractivity contribution in [1.82, 2.24) is 20.2 Å². The maximum Gasteiger partial charge on any atom is 0.143 e. The van der Waals surface area contributed by atoms with E-state index in [0.717, 1.165) is 5.69 Å². The molecule has 7 heteroatoms. The fourth-order valence-electron chi connectivity index (χ4n) is 1.14. The standard InChI is InChI=1S/C8H9N5OS/c1-15(9,14)8-4-2-7(3-5-8)13-6-10-11-12-13/h2-6,9H,1H3. The largest absolute Gasteiger partial charge is 0.249 e. The number of rotatable bonds is 2. The molecular formula is C8H9N5OS. The molecule has 6 nitrogen and oxygen atoms in total. The van der Waals surface area contributed by atoms with Crippen LogP contribution in [0.15, 0.2) is 35.5 Å². The number of tetrazole rings is 1. The summed E-state index contributed by atoms with van der Waals surface area (Å²) in [5.74, 6) is 0. The molecule has 2 aromatic rings. The van der Waals surface area contributed by atoms with Crippen molar-refractivity contribution < 1.29 is 4.21 Å². The predicted octanol–water partition coefficient (Wildman–Crippen LogP) is 0.698. The van der Waals surface area contributed by atoms with E-state index in [9.17, 15) is 4.21 Å². The molecule has 0 aliphatic carbocycles. The lowest BCUT2D eigenvalue weighted by Gasteiger charge is -2.02. The summed E-state index contributed by atoms with van der Waals surface area (Å²) in [5.41, 5.74) is 0.771. The lowest BCUT2D eigenvalue weighted by Crippen LogP contribution is -1.98. The van der Waals surface area contributed by atoms with Gasteiger partial charge in [-0.15, -0.1) is 5.10 Å². The molecule has 1 aromatic carbocycles. The van der Waals surface area contributed by atoms with Crippen molar-refractivity contribution in [2.75, 3.05) is 6.26 Å². The molecule has 1 aromatic heterocycles. The Morgan fingerprint density at radius 3 is 2.47 bits per heavy atom. The van der Waals surface area contributed by atoms with E-state index in [1.807, 2.05) is 0 Å². The molecule has 15 heavy (non-hydrogen) atoms. The Balaban J connectivity index is 2.42. The summed E-state index contributed by atoms with van der Waals surface area (Å²) < 4.78 is 20.3. The van der Waals surface area contributed by atoms with Crippen LogP contribution in [0.3, 0.4) is 0 Å². The number of nitrogens with one attached hydrogen (secondary N) is 1. The molecule has 0 spiro atoms. The number of hydrogen-bond donors (Lipinski definition) is 1. The van der Waals surface area contributed by atoms with Crippen LogP contribution < -0.4 is 0 Å². The summed E-state index contributed by atoms with van der Waals surface area (Å²) >= 11 is 0. The highest BCUT2D eigenvalue weighted by Gasteiger charge is 2.03. The Morgan fingerprint density at radius 2 is 2.00 bits per heavy atom. The van der Waals surface area contributed by atoms with Crippen molar-refractivity contribution in [2.45, 2.75) is 4.90 Å². The molecule has 2 rings (SSSR count). The third-order valence-corrected chi connectivity index (χ3v) is 3.07. The molecule has 1 atom stereocenters. The van der Waals surface area contributed by atoms with Crippen molar-refractivity contribution in [3.8, 4) is 5.69 Å². The van der Waals surface area contributed by atoms with Gasteiger partial charge in [0.05, 0.1) is 15.4 Å². The highest BCUT2D eigenvalue weighted by Crippen LogP contribution is 2.12. The van der Waals surface area contributed by atoms with Gasteiger partial charge < -0.3 is 0 Å². The van der Waals surface area contributed by atoms with Gasteiger partial charge in [-0.05, 0) is 34.7 Å². The van der Waals surface area contributed by atoms with Crippen molar-refractivity contribution in [3.63, 3.8) is 0 Å². The van der Waals surface area contributed by atoms with Gasteiger partial charge in [0.2, 0.25) is 0 Å². The second-order valence-electron chi connectivity index (χ2n) is 3.09. The van der Waals surface area contributed by atoms with Gasteiger partial charge in [0, 0.05) is 11.2 Å². The van der Waals surface area contributed by atoms with Crippen molar-refractivity contribution >= 4 is 9.73 Å². The van der Waals surface area contributed by atoms with Gasteiger partial charge in [0.25, 0.3) is 0 Å². The molecule has 78 valence electrons. The maximum absolute atomic E-state index is 11.4. The number of hydrogen-bond acceptors (Lipinski definition) is 5. The van der Waals surface area contributed by atoms with Gasteiger partial charge in [-0.3, -0.25) is 0 Å². The minimum absolute atomic E-state index is 0.499. The summed E-state index contributed by atoms with van der Waals surface area (Å²) in [6.45, 7) is 0. The van der Waals surface area contributed by atoms with Gasteiger partial charge in [0.1, 0.15) is 6.33 Å². The smallest absolute Gasteiger partial charge is 0.143 e. The SMILES string of the molecule is CS(=N)(=O)c1ccc(-n2cnnn2)cc1. The van der Waals surface area contributed by atoms with Crippen LogP contribution in [0.1, 0.15) is 0 Å². The Bertz CT molecular complexity index is 543. The first-order valence-corrected chi connectivity index (χ1v) is 6.11. The molecule has 1 heterocycles. The second kappa shape index (κ2) is 3.43. The quantitative estimate of drug-likeness (QED) is 0.812. The van der Waals surface area contributed by atoms with Gasteiger partial charge in [-0.25, -0.2) is 13.7 Å². The number of nitrogens with zero attached hydrogens (tertiary/aromatic N) is 4. The predicted molar refractivity (Wildman–Crippen MR) is 54.2 cm³/mol. The van der Waals surface area contributed by atoms with Gasteiger partial charge >= 0.3 is 0 Å². The second-order valence-corrected chi connectivity index (χ2v) is 5.25. The molecule has 1 unspecified atom stereocenters. The molecule has 0 radical (unpaired) electrons. The minimum atomic E-state index is -2.65. The molecule has 0 amide bonds. The molecular weight excluding hydrogens is 214 g/mol. The van der Waals surface area contributed by atoms with Crippen molar-refractivity contribution in [1.29, 1.82) is 4.78 Å². The molecule has 1 N–H and O–H groups in total. The summed E-state index contributed by atoms with van der Waals surface area (Å²) in [6, 6.07) is 6.74. The lowest BCUT2D eigenvalue weighted by molar-refractivity contribution is 0.679. The van der Waals surface area contributed by atoms with E-state index in [1.165, 1.54) is 17.3 Å². The zero-order valence-corrected chi connectivity index (χ0v) is 8.81. The fraction of sp³-hybridized carbons (Fsp3) is 0.125. The summed E-state index contributed by atoms with van der Waals surface area (Å²) in [5, 5.41) is 10.7. The van der Waals surface area contributed by atoms with Crippen LogP contribution in [-0.2, 0) is 9.73 Å². The van der Waals surface area contributed by atoms with Gasteiger partial charge in [0.15, 0.2) is 0 Å². The molecule has 0 aliphatic rings. The first kappa shape index (κ1) is 9.78. The van der Waals surface area contributed by atoms with Crippen LogP contribution in [-0.4, -0.2) is 30.7 Å². The Labute approximate surface area is 86.9 Å². The molecule has 0 fully saturated rings. The Hall–Kier alpha value is -1.76.